The van der Waals surface area contributed by atoms with Gasteiger partial charge in [0.05, 0.1) is 12.7 Å². The summed E-state index contributed by atoms with van der Waals surface area (Å²) < 4.78 is 1.81. The SMILES string of the molecule is O=C1CCCC2[C@H]3CC(CN(Cc4ccccc4)C3)CN2C(=O)CCCCn2cc(nn2)CN1. The van der Waals surface area contributed by atoms with E-state index in [2.05, 4.69) is 55.8 Å². The van der Waals surface area contributed by atoms with E-state index in [0.29, 0.717) is 31.2 Å². The van der Waals surface area contributed by atoms with Crippen LogP contribution in [0.5, 0.6) is 0 Å². The quantitative estimate of drug-likeness (QED) is 0.739. The second kappa shape index (κ2) is 10.7. The zero-order valence-corrected chi connectivity index (χ0v) is 19.9. The second-order valence-corrected chi connectivity index (χ2v) is 10.3. The predicted molar refractivity (Wildman–Crippen MR) is 128 cm³/mol. The van der Waals surface area contributed by atoms with Gasteiger partial charge in [-0.25, -0.2) is 0 Å². The minimum Gasteiger partial charge on any atom is -0.350 e. The number of amides is 2. The number of hydrogen-bond acceptors (Lipinski definition) is 5. The van der Waals surface area contributed by atoms with Crippen LogP contribution in [0.3, 0.4) is 0 Å². The summed E-state index contributed by atoms with van der Waals surface area (Å²) in [5.74, 6) is 1.34. The Labute approximate surface area is 201 Å². The molecule has 0 spiro atoms. The molecule has 0 aliphatic carbocycles. The fraction of sp³-hybridized carbons (Fsp3) is 0.615. The van der Waals surface area contributed by atoms with E-state index in [-0.39, 0.29) is 17.9 Å². The highest BCUT2D eigenvalue weighted by Gasteiger charge is 2.42. The van der Waals surface area contributed by atoms with Gasteiger partial charge in [0.2, 0.25) is 11.8 Å². The van der Waals surface area contributed by atoms with E-state index in [0.717, 1.165) is 64.1 Å². The molecule has 2 unspecified atom stereocenters. The molecule has 4 bridgehead atoms. The molecule has 3 atom stereocenters. The Bertz CT molecular complexity index is 977. The van der Waals surface area contributed by atoms with E-state index < -0.39 is 0 Å². The maximum atomic E-state index is 13.3. The number of fused-ring (bicyclic) bond motifs is 6. The van der Waals surface area contributed by atoms with Gasteiger partial charge in [0, 0.05) is 51.6 Å². The number of nitrogens with one attached hydrogen (secondary N) is 1. The molecule has 182 valence electrons. The third kappa shape index (κ3) is 5.66. The average molecular weight is 465 g/mol. The third-order valence-electron chi connectivity index (χ3n) is 7.60. The predicted octanol–water partition coefficient (Wildman–Crippen LogP) is 2.60. The smallest absolute Gasteiger partial charge is 0.222 e. The molecule has 8 heteroatoms. The first-order valence-electron chi connectivity index (χ1n) is 12.9. The second-order valence-electron chi connectivity index (χ2n) is 10.3. The summed E-state index contributed by atoms with van der Waals surface area (Å²) in [5, 5.41) is 11.3. The van der Waals surface area contributed by atoms with Crippen molar-refractivity contribution >= 4 is 11.8 Å². The standard InChI is InChI=1S/C26H36N6O2/c33-25-10-6-9-24-22-13-21(16-30(18-22)15-20-7-2-1-3-8-20)17-32(24)26(34)11-4-5-12-31-19-23(14-27-25)28-29-31/h1-3,7-8,19,21-22,24H,4-6,9-18H2,(H,27,33)/t21?,22-,24?/m0/s1. The largest absolute Gasteiger partial charge is 0.350 e. The lowest BCUT2D eigenvalue weighted by molar-refractivity contribution is -0.141. The van der Waals surface area contributed by atoms with E-state index in [9.17, 15) is 9.59 Å². The number of aryl methyl sites for hydroxylation is 1. The highest BCUT2D eigenvalue weighted by atomic mass is 16.2. The van der Waals surface area contributed by atoms with Gasteiger partial charge in [-0.1, -0.05) is 35.5 Å². The Morgan fingerprint density at radius 2 is 1.88 bits per heavy atom. The summed E-state index contributed by atoms with van der Waals surface area (Å²) in [6, 6.07) is 10.9. The summed E-state index contributed by atoms with van der Waals surface area (Å²) in [7, 11) is 0. The highest BCUT2D eigenvalue weighted by molar-refractivity contribution is 5.77. The zero-order chi connectivity index (χ0) is 23.3. The number of aromatic nitrogens is 3. The first kappa shape index (κ1) is 23.0. The van der Waals surface area contributed by atoms with Crippen LogP contribution in [0, 0.1) is 11.8 Å². The lowest BCUT2D eigenvalue weighted by Gasteiger charge is -2.51. The number of carbonyl (C=O) groups is 2. The molecule has 0 saturated carbocycles. The normalized spacial score (nSPS) is 27.2. The number of nitrogens with zero attached hydrogens (tertiary/aromatic N) is 5. The van der Waals surface area contributed by atoms with E-state index in [1.807, 2.05) is 10.9 Å². The molecule has 2 amide bonds. The molecule has 1 aromatic carbocycles. The van der Waals surface area contributed by atoms with E-state index in [1.54, 1.807) is 0 Å². The van der Waals surface area contributed by atoms with Gasteiger partial charge in [-0.3, -0.25) is 19.2 Å². The number of rotatable bonds is 2. The van der Waals surface area contributed by atoms with Crippen molar-refractivity contribution in [3.8, 4) is 0 Å². The summed E-state index contributed by atoms with van der Waals surface area (Å²) in [6.07, 6.45) is 7.61. The van der Waals surface area contributed by atoms with Gasteiger partial charge in [-0.2, -0.15) is 0 Å². The maximum absolute atomic E-state index is 13.3. The minimum atomic E-state index is 0.0440. The van der Waals surface area contributed by atoms with Gasteiger partial charge >= 0.3 is 0 Å². The molecule has 5 rings (SSSR count). The van der Waals surface area contributed by atoms with Crippen molar-refractivity contribution in [2.75, 3.05) is 19.6 Å². The van der Waals surface area contributed by atoms with Crippen molar-refractivity contribution in [2.45, 2.75) is 70.6 Å². The Morgan fingerprint density at radius 1 is 1.00 bits per heavy atom. The van der Waals surface area contributed by atoms with Crippen LogP contribution in [0.1, 0.15) is 56.2 Å². The van der Waals surface area contributed by atoms with Gasteiger partial charge in [0.1, 0.15) is 5.69 Å². The van der Waals surface area contributed by atoms with Gasteiger partial charge in [0.15, 0.2) is 0 Å². The van der Waals surface area contributed by atoms with Gasteiger partial charge in [0.25, 0.3) is 0 Å². The van der Waals surface area contributed by atoms with E-state index in [4.69, 9.17) is 0 Å². The van der Waals surface area contributed by atoms with Crippen LogP contribution < -0.4 is 5.32 Å². The first-order chi connectivity index (χ1) is 16.6. The lowest BCUT2D eigenvalue weighted by Crippen LogP contribution is -2.59. The first-order valence-corrected chi connectivity index (χ1v) is 12.9. The van der Waals surface area contributed by atoms with Crippen molar-refractivity contribution < 1.29 is 9.59 Å². The Morgan fingerprint density at radius 3 is 2.76 bits per heavy atom. The molecule has 3 aliphatic heterocycles. The van der Waals surface area contributed by atoms with Crippen LogP contribution in [0.2, 0.25) is 0 Å². The van der Waals surface area contributed by atoms with E-state index in [1.165, 1.54) is 12.0 Å². The summed E-state index contributed by atoms with van der Waals surface area (Å²) >= 11 is 0. The average Bonchev–Trinajstić information content (AvgIpc) is 3.29. The molecule has 1 aromatic heterocycles. The third-order valence-corrected chi connectivity index (χ3v) is 7.60. The lowest BCUT2D eigenvalue weighted by atomic mass is 9.77. The number of hydrogen-bond donors (Lipinski definition) is 1. The Hall–Kier alpha value is -2.74. The Balaban J connectivity index is 1.27. The molecule has 2 aromatic rings. The minimum absolute atomic E-state index is 0.0440. The molecule has 0 radical (unpaired) electrons. The molecular weight excluding hydrogens is 428 g/mol. The van der Waals surface area contributed by atoms with Gasteiger partial charge < -0.3 is 10.2 Å². The fourth-order valence-electron chi connectivity index (χ4n) is 6.05. The molecule has 2 saturated heterocycles. The van der Waals surface area contributed by atoms with Crippen molar-refractivity contribution in [1.29, 1.82) is 0 Å². The molecule has 2 fully saturated rings. The maximum Gasteiger partial charge on any atom is 0.222 e. The highest BCUT2D eigenvalue weighted by Crippen LogP contribution is 2.36. The Kier molecular flexibility index (Phi) is 7.23. The number of carbonyl (C=O) groups excluding carboxylic acids is 2. The van der Waals surface area contributed by atoms with Crippen LogP contribution >= 0.6 is 0 Å². The molecule has 4 heterocycles. The molecule has 8 nitrogen and oxygen atoms in total. The van der Waals surface area contributed by atoms with Crippen LogP contribution in [0.4, 0.5) is 0 Å². The fourth-order valence-corrected chi connectivity index (χ4v) is 6.05. The van der Waals surface area contributed by atoms with Gasteiger partial charge in [-0.15, -0.1) is 5.10 Å². The summed E-state index contributed by atoms with van der Waals surface area (Å²) in [5.41, 5.74) is 2.13. The van der Waals surface area contributed by atoms with E-state index >= 15 is 0 Å². The van der Waals surface area contributed by atoms with Crippen LogP contribution in [-0.2, 0) is 29.2 Å². The topological polar surface area (TPSA) is 83.4 Å². The van der Waals surface area contributed by atoms with Crippen molar-refractivity contribution in [1.82, 2.24) is 30.1 Å². The van der Waals surface area contributed by atoms with Crippen molar-refractivity contribution in [3.63, 3.8) is 0 Å². The number of benzene rings is 1. The molecular formula is C26H36N6O2. The molecule has 1 N–H and O–H groups in total. The van der Waals surface area contributed by atoms with Gasteiger partial charge in [-0.05, 0) is 49.5 Å². The van der Waals surface area contributed by atoms with Crippen molar-refractivity contribution in [2.24, 2.45) is 11.8 Å². The molecule has 34 heavy (non-hydrogen) atoms. The zero-order valence-electron chi connectivity index (χ0n) is 19.9. The number of likely N-dealkylation sites (tertiary alicyclic amines) is 1. The monoisotopic (exact) mass is 464 g/mol. The van der Waals surface area contributed by atoms with Crippen LogP contribution in [-0.4, -0.2) is 62.3 Å². The summed E-state index contributed by atoms with van der Waals surface area (Å²) in [4.78, 5) is 30.5. The van der Waals surface area contributed by atoms with Crippen LogP contribution in [0.15, 0.2) is 36.5 Å². The molecule has 3 aliphatic rings. The van der Waals surface area contributed by atoms with Crippen molar-refractivity contribution in [3.05, 3.63) is 47.8 Å². The summed E-state index contributed by atoms with van der Waals surface area (Å²) in [6.45, 7) is 5.07. The van der Waals surface area contributed by atoms with Crippen LogP contribution in [0.25, 0.3) is 0 Å². The number of piperidine rings is 2.